The first-order chi connectivity index (χ1) is 6.88. The van der Waals surface area contributed by atoms with E-state index in [2.05, 4.69) is 23.3 Å². The minimum absolute atomic E-state index is 0.856. The maximum Gasteiger partial charge on any atom is 0.0199 e. The summed E-state index contributed by atoms with van der Waals surface area (Å²) in [7, 11) is 0. The molecule has 0 radical (unpaired) electrons. The van der Waals surface area contributed by atoms with Crippen LogP contribution in [0.3, 0.4) is 0 Å². The van der Waals surface area contributed by atoms with Gasteiger partial charge in [-0.1, -0.05) is 12.8 Å². The van der Waals surface area contributed by atoms with Crippen molar-refractivity contribution in [1.29, 1.82) is 0 Å². The van der Waals surface area contributed by atoms with Gasteiger partial charge in [0.15, 0.2) is 0 Å². The van der Waals surface area contributed by atoms with Gasteiger partial charge in [-0.05, 0) is 43.8 Å². The Morgan fingerprint density at radius 3 is 2.71 bits per heavy atom. The van der Waals surface area contributed by atoms with E-state index in [1.807, 2.05) is 0 Å². The van der Waals surface area contributed by atoms with Gasteiger partial charge >= 0.3 is 0 Å². The Morgan fingerprint density at radius 1 is 1.07 bits per heavy atom. The topological polar surface area (TPSA) is 12.0 Å². The SMILES string of the molecule is CSC1CCC1NC1CCC[C@H]2C[C@@H]12. The van der Waals surface area contributed by atoms with Gasteiger partial charge in [-0.3, -0.25) is 0 Å². The fourth-order valence-corrected chi connectivity index (χ4v) is 4.25. The van der Waals surface area contributed by atoms with Crippen molar-refractivity contribution in [2.45, 2.75) is 55.9 Å². The molecule has 0 aromatic heterocycles. The van der Waals surface area contributed by atoms with Gasteiger partial charge in [-0.2, -0.15) is 11.8 Å². The minimum atomic E-state index is 0.856. The van der Waals surface area contributed by atoms with Gasteiger partial charge in [-0.15, -0.1) is 0 Å². The normalized spacial score (nSPS) is 50.8. The average molecular weight is 211 g/mol. The van der Waals surface area contributed by atoms with Crippen LogP contribution in [0, 0.1) is 11.8 Å². The molecular formula is C12H21NS. The van der Waals surface area contributed by atoms with Crippen LogP contribution in [0.15, 0.2) is 0 Å². The molecule has 3 unspecified atom stereocenters. The number of fused-ring (bicyclic) bond motifs is 1. The molecule has 2 heteroatoms. The van der Waals surface area contributed by atoms with Crippen LogP contribution < -0.4 is 5.32 Å². The van der Waals surface area contributed by atoms with Crippen LogP contribution in [-0.4, -0.2) is 23.6 Å². The molecule has 0 aromatic carbocycles. The lowest BCUT2D eigenvalue weighted by molar-refractivity contribution is 0.263. The lowest BCUT2D eigenvalue weighted by Crippen LogP contribution is -2.51. The Hall–Kier alpha value is 0.310. The molecule has 3 rings (SSSR count). The van der Waals surface area contributed by atoms with Crippen molar-refractivity contribution >= 4 is 11.8 Å². The van der Waals surface area contributed by atoms with E-state index in [0.29, 0.717) is 0 Å². The predicted molar refractivity (Wildman–Crippen MR) is 62.7 cm³/mol. The van der Waals surface area contributed by atoms with Crippen molar-refractivity contribution in [1.82, 2.24) is 5.32 Å². The molecule has 0 heterocycles. The molecule has 3 saturated carbocycles. The number of rotatable bonds is 3. The summed E-state index contributed by atoms with van der Waals surface area (Å²) in [6.07, 6.45) is 11.1. The number of nitrogens with one attached hydrogen (secondary N) is 1. The first-order valence-corrected chi connectivity index (χ1v) is 7.46. The first kappa shape index (κ1) is 9.53. The zero-order valence-corrected chi connectivity index (χ0v) is 9.85. The second-order valence-corrected chi connectivity index (χ2v) is 6.40. The van der Waals surface area contributed by atoms with Crippen molar-refractivity contribution in [2.24, 2.45) is 11.8 Å². The fourth-order valence-electron chi connectivity index (χ4n) is 3.33. The summed E-state index contributed by atoms with van der Waals surface area (Å²) in [5, 5.41) is 4.85. The molecule has 0 spiro atoms. The third kappa shape index (κ3) is 1.61. The summed E-state index contributed by atoms with van der Waals surface area (Å²) in [6.45, 7) is 0. The third-order valence-corrected chi connectivity index (χ3v) is 5.70. The Kier molecular flexibility index (Phi) is 2.53. The Balaban J connectivity index is 1.52. The highest BCUT2D eigenvalue weighted by Crippen LogP contribution is 2.50. The zero-order valence-electron chi connectivity index (χ0n) is 9.04. The van der Waals surface area contributed by atoms with Crippen LogP contribution in [0.1, 0.15) is 38.5 Å². The summed E-state index contributed by atoms with van der Waals surface area (Å²) in [5.41, 5.74) is 0. The molecule has 0 amide bonds. The molecule has 3 fully saturated rings. The highest BCUT2D eigenvalue weighted by molar-refractivity contribution is 7.99. The maximum atomic E-state index is 3.93. The summed E-state index contributed by atoms with van der Waals surface area (Å²) < 4.78 is 0. The van der Waals surface area contributed by atoms with E-state index in [9.17, 15) is 0 Å². The largest absolute Gasteiger partial charge is 0.310 e. The monoisotopic (exact) mass is 211 g/mol. The average Bonchev–Trinajstić information content (AvgIpc) is 2.92. The van der Waals surface area contributed by atoms with Gasteiger partial charge in [0.05, 0.1) is 0 Å². The molecule has 1 N–H and O–H groups in total. The predicted octanol–water partition coefficient (Wildman–Crippen LogP) is 2.66. The van der Waals surface area contributed by atoms with Crippen LogP contribution in [0.25, 0.3) is 0 Å². The molecule has 1 nitrogen and oxygen atoms in total. The quantitative estimate of drug-likeness (QED) is 0.770. The molecule has 80 valence electrons. The van der Waals surface area contributed by atoms with Crippen molar-refractivity contribution in [3.05, 3.63) is 0 Å². The molecule has 5 atom stereocenters. The number of thioether (sulfide) groups is 1. The van der Waals surface area contributed by atoms with Gasteiger partial charge in [0.1, 0.15) is 0 Å². The molecule has 0 saturated heterocycles. The van der Waals surface area contributed by atoms with Crippen molar-refractivity contribution in [2.75, 3.05) is 6.26 Å². The standard InChI is InChI=1S/C12H21NS/c1-14-12-6-5-11(12)13-10-4-2-3-8-7-9(8)10/h8-13H,2-7H2,1H3/t8-,9+,10?,11?,12?/m0/s1. The van der Waals surface area contributed by atoms with Crippen LogP contribution in [0.4, 0.5) is 0 Å². The van der Waals surface area contributed by atoms with Crippen molar-refractivity contribution in [3.8, 4) is 0 Å². The summed E-state index contributed by atoms with van der Waals surface area (Å²) >= 11 is 2.06. The molecule has 14 heavy (non-hydrogen) atoms. The lowest BCUT2D eigenvalue weighted by atomic mass is 9.88. The molecule has 3 aliphatic carbocycles. The minimum Gasteiger partial charge on any atom is -0.310 e. The highest BCUT2D eigenvalue weighted by Gasteiger charge is 2.46. The van der Waals surface area contributed by atoms with Crippen LogP contribution >= 0.6 is 11.8 Å². The van der Waals surface area contributed by atoms with E-state index in [1.54, 1.807) is 0 Å². The van der Waals surface area contributed by atoms with E-state index >= 15 is 0 Å². The maximum absolute atomic E-state index is 3.93. The molecule has 0 bridgehead atoms. The Labute approximate surface area is 91.4 Å². The molecule has 0 aromatic rings. The second-order valence-electron chi connectivity index (χ2n) is 5.32. The Bertz CT molecular complexity index is 216. The van der Waals surface area contributed by atoms with E-state index in [-0.39, 0.29) is 0 Å². The van der Waals surface area contributed by atoms with E-state index < -0.39 is 0 Å². The lowest BCUT2D eigenvalue weighted by Gasteiger charge is -2.39. The Morgan fingerprint density at radius 2 is 2.00 bits per heavy atom. The number of hydrogen-bond donors (Lipinski definition) is 1. The van der Waals surface area contributed by atoms with E-state index in [1.165, 1.54) is 38.5 Å². The smallest absolute Gasteiger partial charge is 0.0199 e. The summed E-state index contributed by atoms with van der Waals surface area (Å²) in [6, 6.07) is 1.75. The van der Waals surface area contributed by atoms with Gasteiger partial charge in [-0.25, -0.2) is 0 Å². The van der Waals surface area contributed by atoms with Gasteiger partial charge in [0.25, 0.3) is 0 Å². The second kappa shape index (κ2) is 3.71. The molecular weight excluding hydrogens is 190 g/mol. The van der Waals surface area contributed by atoms with Crippen LogP contribution in [0.5, 0.6) is 0 Å². The van der Waals surface area contributed by atoms with Crippen molar-refractivity contribution in [3.63, 3.8) is 0 Å². The summed E-state index contributed by atoms with van der Waals surface area (Å²) in [5.74, 6) is 2.20. The first-order valence-electron chi connectivity index (χ1n) is 6.17. The molecule has 3 aliphatic rings. The molecule has 0 aliphatic heterocycles. The van der Waals surface area contributed by atoms with Gasteiger partial charge < -0.3 is 5.32 Å². The van der Waals surface area contributed by atoms with Gasteiger partial charge in [0.2, 0.25) is 0 Å². The van der Waals surface area contributed by atoms with Gasteiger partial charge in [0, 0.05) is 17.3 Å². The zero-order chi connectivity index (χ0) is 9.54. The van der Waals surface area contributed by atoms with Crippen molar-refractivity contribution < 1.29 is 0 Å². The van der Waals surface area contributed by atoms with E-state index in [4.69, 9.17) is 0 Å². The van der Waals surface area contributed by atoms with Crippen LogP contribution in [0.2, 0.25) is 0 Å². The summed E-state index contributed by atoms with van der Waals surface area (Å²) in [4.78, 5) is 0. The number of hydrogen-bond acceptors (Lipinski definition) is 2. The fraction of sp³-hybridized carbons (Fsp3) is 1.00. The third-order valence-electron chi connectivity index (χ3n) is 4.53. The van der Waals surface area contributed by atoms with E-state index in [0.717, 1.165) is 29.2 Å². The van der Waals surface area contributed by atoms with Crippen LogP contribution in [-0.2, 0) is 0 Å². The highest BCUT2D eigenvalue weighted by atomic mass is 32.2.